The van der Waals surface area contributed by atoms with E-state index in [1.165, 1.54) is 5.56 Å². The van der Waals surface area contributed by atoms with E-state index in [0.29, 0.717) is 13.1 Å². The van der Waals surface area contributed by atoms with Crippen LogP contribution in [0.4, 0.5) is 0 Å². The Labute approximate surface area is 223 Å². The first-order valence-electron chi connectivity index (χ1n) is 12.8. The lowest BCUT2D eigenvalue weighted by Gasteiger charge is -2.37. The minimum atomic E-state index is -0.335. The first-order chi connectivity index (χ1) is 17.8. The molecule has 1 fully saturated rings. The Morgan fingerprint density at radius 2 is 1.84 bits per heavy atom. The van der Waals surface area contributed by atoms with Crippen molar-refractivity contribution in [2.24, 2.45) is 5.16 Å². The fourth-order valence-electron chi connectivity index (χ4n) is 5.00. The fraction of sp³-hybridized carbons (Fsp3) is 0.355. The third-order valence-corrected chi connectivity index (χ3v) is 8.07. The molecule has 2 aliphatic heterocycles. The molecule has 2 aromatic carbocycles. The molecule has 0 unspecified atom stereocenters. The van der Waals surface area contributed by atoms with E-state index in [1.807, 2.05) is 29.2 Å². The first kappa shape index (κ1) is 25.3. The molecule has 0 N–H and O–H groups in total. The van der Waals surface area contributed by atoms with Crippen LogP contribution in [0.25, 0.3) is 5.57 Å². The van der Waals surface area contributed by atoms with Crippen molar-refractivity contribution in [2.75, 3.05) is 20.2 Å². The van der Waals surface area contributed by atoms with E-state index < -0.39 is 0 Å². The average Bonchev–Trinajstić information content (AvgIpc) is 3.58. The van der Waals surface area contributed by atoms with E-state index in [9.17, 15) is 4.79 Å². The zero-order valence-electron chi connectivity index (χ0n) is 22.0. The van der Waals surface area contributed by atoms with Crippen molar-refractivity contribution in [3.05, 3.63) is 93.7 Å². The number of piperidine rings is 1. The van der Waals surface area contributed by atoms with Gasteiger partial charge in [0.25, 0.3) is 0 Å². The van der Waals surface area contributed by atoms with Gasteiger partial charge in [0, 0.05) is 44.0 Å². The van der Waals surface area contributed by atoms with Gasteiger partial charge in [-0.3, -0.25) is 4.79 Å². The van der Waals surface area contributed by atoms with E-state index >= 15 is 0 Å². The molecule has 0 radical (unpaired) electrons. The Kier molecular flexibility index (Phi) is 6.95. The lowest BCUT2D eigenvalue weighted by molar-refractivity contribution is -0.131. The van der Waals surface area contributed by atoms with Gasteiger partial charge >= 0.3 is 0 Å². The lowest BCUT2D eigenvalue weighted by Crippen LogP contribution is -2.46. The third kappa shape index (κ3) is 5.49. The van der Waals surface area contributed by atoms with Crippen LogP contribution in [0.2, 0.25) is 0 Å². The number of likely N-dealkylation sites (tertiary alicyclic amines) is 1. The molecule has 0 bridgehead atoms. The normalized spacial score (nSPS) is 17.5. The Morgan fingerprint density at radius 3 is 2.49 bits per heavy atom. The van der Waals surface area contributed by atoms with Crippen molar-refractivity contribution in [3.63, 3.8) is 0 Å². The maximum atomic E-state index is 13.4. The smallest absolute Gasteiger partial charge is 0.247 e. The number of rotatable bonds is 5. The molecule has 1 saturated heterocycles. The number of carbonyl (C=O) groups is 1. The quantitative estimate of drug-likeness (QED) is 0.357. The minimum absolute atomic E-state index is 0.0443. The van der Waals surface area contributed by atoms with E-state index in [1.54, 1.807) is 24.5 Å². The molecule has 0 atom stereocenters. The summed E-state index contributed by atoms with van der Waals surface area (Å²) in [5.74, 6) is 0.853. The highest BCUT2D eigenvalue weighted by Crippen LogP contribution is 2.37. The van der Waals surface area contributed by atoms with Crippen LogP contribution < -0.4 is 4.74 Å². The summed E-state index contributed by atoms with van der Waals surface area (Å²) in [5, 5.41) is 8.58. The largest absolute Gasteiger partial charge is 0.497 e. The number of methoxy groups -OCH3 is 1. The van der Waals surface area contributed by atoms with Gasteiger partial charge in [-0.25, -0.2) is 0 Å². The van der Waals surface area contributed by atoms with Crippen molar-refractivity contribution in [1.29, 1.82) is 0 Å². The van der Waals surface area contributed by atoms with Crippen molar-refractivity contribution >= 4 is 28.5 Å². The first-order valence-corrected chi connectivity index (χ1v) is 13.7. The van der Waals surface area contributed by atoms with E-state index in [2.05, 4.69) is 67.0 Å². The van der Waals surface area contributed by atoms with Gasteiger partial charge < -0.3 is 14.5 Å². The molecule has 1 aromatic heterocycles. The summed E-state index contributed by atoms with van der Waals surface area (Å²) in [6, 6.07) is 18.6. The van der Waals surface area contributed by atoms with Crippen molar-refractivity contribution in [1.82, 2.24) is 4.90 Å². The fourth-order valence-corrected chi connectivity index (χ4v) is 5.65. The highest BCUT2D eigenvalue weighted by Gasteiger charge is 2.43. The molecule has 6 heteroatoms. The van der Waals surface area contributed by atoms with Crippen molar-refractivity contribution in [3.8, 4) is 5.75 Å². The number of thiophene rings is 1. The van der Waals surface area contributed by atoms with Crippen LogP contribution in [-0.2, 0) is 15.0 Å². The molecule has 0 aliphatic carbocycles. The number of hydrogen-bond acceptors (Lipinski definition) is 5. The standard InChI is InChI=1S/C31H34N2O3S/c1-30(2,3)25-10-8-22(9-11-25)27(24-12-17-37-21-24)19-29(34)33-15-13-31(14-16-33)20-28(32-36-31)23-6-5-7-26(18-23)35-4/h5-12,17-19,21H,13-16,20H2,1-4H3. The number of hydrogen-bond donors (Lipinski definition) is 0. The summed E-state index contributed by atoms with van der Waals surface area (Å²) in [7, 11) is 1.67. The summed E-state index contributed by atoms with van der Waals surface area (Å²) < 4.78 is 5.36. The molecular weight excluding hydrogens is 480 g/mol. The Morgan fingerprint density at radius 1 is 1.08 bits per heavy atom. The second kappa shape index (κ2) is 10.2. The molecule has 0 saturated carbocycles. The zero-order valence-corrected chi connectivity index (χ0v) is 22.8. The van der Waals surface area contributed by atoms with E-state index in [4.69, 9.17) is 9.57 Å². The molecule has 1 spiro atoms. The molecule has 1 amide bonds. The zero-order chi connectivity index (χ0) is 26.0. The second-order valence-electron chi connectivity index (χ2n) is 10.9. The lowest BCUT2D eigenvalue weighted by atomic mass is 9.85. The van der Waals surface area contributed by atoms with Gasteiger partial charge in [0.2, 0.25) is 5.91 Å². The molecule has 5 nitrogen and oxygen atoms in total. The van der Waals surface area contributed by atoms with Gasteiger partial charge in [-0.2, -0.15) is 11.3 Å². The molecule has 37 heavy (non-hydrogen) atoms. The van der Waals surface area contributed by atoms with Crippen LogP contribution in [0.1, 0.15) is 62.3 Å². The SMILES string of the molecule is COc1cccc(C2=NOC3(CCN(C(=O)C=C(c4ccc(C(C)(C)C)cc4)c4ccsc4)CC3)C2)c1. The summed E-state index contributed by atoms with van der Waals surface area (Å²) in [6.07, 6.45) is 4.08. The topological polar surface area (TPSA) is 51.1 Å². The molecule has 5 rings (SSSR count). The van der Waals surface area contributed by atoms with Crippen LogP contribution in [0.5, 0.6) is 5.75 Å². The van der Waals surface area contributed by atoms with E-state index in [0.717, 1.165) is 53.0 Å². The Bertz CT molecular complexity index is 1310. The molecule has 3 aromatic rings. The second-order valence-corrected chi connectivity index (χ2v) is 11.7. The highest BCUT2D eigenvalue weighted by molar-refractivity contribution is 7.08. The van der Waals surface area contributed by atoms with Gasteiger partial charge in [0.05, 0.1) is 12.8 Å². The minimum Gasteiger partial charge on any atom is -0.497 e. The summed E-state index contributed by atoms with van der Waals surface area (Å²) in [4.78, 5) is 21.4. The summed E-state index contributed by atoms with van der Waals surface area (Å²) >= 11 is 1.64. The van der Waals surface area contributed by atoms with E-state index in [-0.39, 0.29) is 16.9 Å². The molecule has 3 heterocycles. The van der Waals surface area contributed by atoms with Gasteiger partial charge in [-0.1, -0.05) is 62.3 Å². The van der Waals surface area contributed by atoms with Crippen LogP contribution in [0.15, 0.2) is 76.6 Å². The third-order valence-electron chi connectivity index (χ3n) is 7.39. The van der Waals surface area contributed by atoms with Crippen molar-refractivity contribution in [2.45, 2.75) is 51.0 Å². The van der Waals surface area contributed by atoms with Gasteiger partial charge in [-0.15, -0.1) is 0 Å². The maximum absolute atomic E-state index is 13.4. The average molecular weight is 515 g/mol. The number of amides is 1. The van der Waals surface area contributed by atoms with Crippen LogP contribution in [-0.4, -0.2) is 42.3 Å². The number of ether oxygens (including phenoxy) is 1. The number of oxime groups is 1. The van der Waals surface area contributed by atoms with Crippen LogP contribution in [0, 0.1) is 0 Å². The Hall–Kier alpha value is -3.38. The molecule has 2 aliphatic rings. The van der Waals surface area contributed by atoms with Crippen LogP contribution >= 0.6 is 11.3 Å². The predicted molar refractivity (Wildman–Crippen MR) is 150 cm³/mol. The maximum Gasteiger partial charge on any atom is 0.247 e. The summed E-state index contributed by atoms with van der Waals surface area (Å²) in [6.45, 7) is 7.93. The van der Waals surface area contributed by atoms with Gasteiger partial charge in [0.15, 0.2) is 0 Å². The predicted octanol–water partition coefficient (Wildman–Crippen LogP) is 6.67. The van der Waals surface area contributed by atoms with Gasteiger partial charge in [0.1, 0.15) is 11.4 Å². The molecule has 192 valence electrons. The van der Waals surface area contributed by atoms with Crippen LogP contribution in [0.3, 0.4) is 0 Å². The number of benzene rings is 2. The van der Waals surface area contributed by atoms with Gasteiger partial charge in [-0.05, 0) is 56.6 Å². The Balaban J connectivity index is 1.28. The van der Waals surface area contributed by atoms with Crippen molar-refractivity contribution < 1.29 is 14.4 Å². The number of nitrogens with zero attached hydrogens (tertiary/aromatic N) is 2. The molecular formula is C31H34N2O3S. The summed E-state index contributed by atoms with van der Waals surface area (Å²) in [5.41, 5.74) is 6.09. The monoisotopic (exact) mass is 514 g/mol. The number of carbonyl (C=O) groups excluding carboxylic acids is 1. The highest BCUT2D eigenvalue weighted by atomic mass is 32.1.